The maximum absolute atomic E-state index is 13.7. The topological polar surface area (TPSA) is 104 Å². The summed E-state index contributed by atoms with van der Waals surface area (Å²) < 4.78 is 36.9. The van der Waals surface area contributed by atoms with Crippen LogP contribution in [0.3, 0.4) is 0 Å². The molecule has 24 heavy (non-hydrogen) atoms. The van der Waals surface area contributed by atoms with Crippen molar-refractivity contribution < 1.29 is 22.4 Å². The number of benzene rings is 1. The van der Waals surface area contributed by atoms with Gasteiger partial charge in [-0.05, 0) is 31.5 Å². The maximum Gasteiger partial charge on any atom is 0.315 e. The second-order valence-corrected chi connectivity index (χ2v) is 8.70. The standard InChI is InChI=1S/C14H17BrFN3O4S/c1-8(13(20)19-12-3-2-9(15)6-11(12)16)17-14(21)18-10-4-5-24(22,23)7-10/h2-3,6,8,10H,4-5,7H2,1H3,(H,19,20)(H2,17,18,21)/t8-,10+/m0/s1. The van der Waals surface area contributed by atoms with Gasteiger partial charge in [0.05, 0.1) is 17.2 Å². The zero-order valence-electron chi connectivity index (χ0n) is 12.8. The lowest BCUT2D eigenvalue weighted by molar-refractivity contribution is -0.117. The van der Waals surface area contributed by atoms with E-state index in [9.17, 15) is 22.4 Å². The highest BCUT2D eigenvalue weighted by Gasteiger charge is 2.29. The molecule has 0 aromatic heterocycles. The van der Waals surface area contributed by atoms with Crippen LogP contribution in [0.4, 0.5) is 14.9 Å². The van der Waals surface area contributed by atoms with Crippen molar-refractivity contribution in [3.05, 3.63) is 28.5 Å². The molecule has 2 rings (SSSR count). The Balaban J connectivity index is 1.86. The van der Waals surface area contributed by atoms with E-state index in [1.807, 2.05) is 0 Å². The molecule has 10 heteroatoms. The molecule has 1 fully saturated rings. The fourth-order valence-corrected chi connectivity index (χ4v) is 4.24. The lowest BCUT2D eigenvalue weighted by atomic mass is 10.2. The molecule has 0 radical (unpaired) electrons. The summed E-state index contributed by atoms with van der Waals surface area (Å²) in [7, 11) is -3.10. The minimum atomic E-state index is -3.10. The minimum absolute atomic E-state index is 0.000792. The number of hydrogen-bond acceptors (Lipinski definition) is 4. The maximum atomic E-state index is 13.7. The van der Waals surface area contributed by atoms with Gasteiger partial charge in [0.25, 0.3) is 0 Å². The number of urea groups is 1. The van der Waals surface area contributed by atoms with Crippen LogP contribution in [-0.2, 0) is 14.6 Å². The summed E-state index contributed by atoms with van der Waals surface area (Å²) in [6.45, 7) is 1.44. The van der Waals surface area contributed by atoms with Crippen molar-refractivity contribution >= 4 is 43.4 Å². The lowest BCUT2D eigenvalue weighted by Gasteiger charge is -2.17. The van der Waals surface area contributed by atoms with Crippen LogP contribution in [0.25, 0.3) is 0 Å². The number of nitrogens with one attached hydrogen (secondary N) is 3. The highest BCUT2D eigenvalue weighted by Crippen LogP contribution is 2.19. The first-order valence-electron chi connectivity index (χ1n) is 7.19. The predicted octanol–water partition coefficient (Wildman–Crippen LogP) is 1.40. The Kier molecular flexibility index (Phi) is 5.81. The third kappa shape index (κ3) is 5.17. The van der Waals surface area contributed by atoms with Gasteiger partial charge in [-0.3, -0.25) is 4.79 Å². The molecule has 2 atom stereocenters. The summed E-state index contributed by atoms with van der Waals surface area (Å²) in [4.78, 5) is 23.8. The first-order chi connectivity index (χ1) is 11.2. The summed E-state index contributed by atoms with van der Waals surface area (Å²) >= 11 is 3.11. The van der Waals surface area contributed by atoms with Gasteiger partial charge < -0.3 is 16.0 Å². The van der Waals surface area contributed by atoms with E-state index in [4.69, 9.17) is 0 Å². The minimum Gasteiger partial charge on any atom is -0.334 e. The van der Waals surface area contributed by atoms with E-state index in [1.165, 1.54) is 19.1 Å². The number of carbonyl (C=O) groups is 2. The van der Waals surface area contributed by atoms with Crippen LogP contribution < -0.4 is 16.0 Å². The van der Waals surface area contributed by atoms with Crippen molar-refractivity contribution in [3.63, 3.8) is 0 Å². The Morgan fingerprint density at radius 3 is 2.67 bits per heavy atom. The first kappa shape index (κ1) is 18.7. The molecule has 0 spiro atoms. The Labute approximate surface area is 147 Å². The highest BCUT2D eigenvalue weighted by atomic mass is 79.9. The van der Waals surface area contributed by atoms with Gasteiger partial charge in [-0.15, -0.1) is 0 Å². The Morgan fingerprint density at radius 1 is 1.38 bits per heavy atom. The number of amides is 3. The van der Waals surface area contributed by atoms with E-state index in [-0.39, 0.29) is 17.2 Å². The van der Waals surface area contributed by atoms with Gasteiger partial charge in [0.1, 0.15) is 11.9 Å². The zero-order chi connectivity index (χ0) is 17.9. The van der Waals surface area contributed by atoms with Crippen LogP contribution >= 0.6 is 15.9 Å². The molecule has 132 valence electrons. The molecular weight excluding hydrogens is 405 g/mol. The third-order valence-corrected chi connectivity index (χ3v) is 5.76. The van der Waals surface area contributed by atoms with Gasteiger partial charge in [-0.1, -0.05) is 15.9 Å². The largest absolute Gasteiger partial charge is 0.334 e. The molecule has 0 saturated carbocycles. The SMILES string of the molecule is C[C@H](NC(=O)N[C@@H]1CCS(=O)(=O)C1)C(=O)Nc1ccc(Br)cc1F. The van der Waals surface area contributed by atoms with Crippen LogP contribution in [0.2, 0.25) is 0 Å². The Bertz CT molecular complexity index is 756. The quantitative estimate of drug-likeness (QED) is 0.683. The number of anilines is 1. The highest BCUT2D eigenvalue weighted by molar-refractivity contribution is 9.10. The van der Waals surface area contributed by atoms with Gasteiger partial charge in [-0.25, -0.2) is 17.6 Å². The van der Waals surface area contributed by atoms with Crippen molar-refractivity contribution in [2.24, 2.45) is 0 Å². The molecule has 7 nitrogen and oxygen atoms in total. The van der Waals surface area contributed by atoms with Crippen LogP contribution in [-0.4, -0.2) is 43.9 Å². The molecule has 1 saturated heterocycles. The predicted molar refractivity (Wildman–Crippen MR) is 90.9 cm³/mol. The van der Waals surface area contributed by atoms with Crippen molar-refractivity contribution in [2.45, 2.75) is 25.4 Å². The number of carbonyl (C=O) groups excluding carboxylic acids is 2. The van der Waals surface area contributed by atoms with Crippen LogP contribution in [0, 0.1) is 5.82 Å². The molecule has 1 heterocycles. The smallest absolute Gasteiger partial charge is 0.315 e. The summed E-state index contributed by atoms with van der Waals surface area (Å²) in [5.74, 6) is -1.27. The monoisotopic (exact) mass is 421 g/mol. The molecule has 3 N–H and O–H groups in total. The number of sulfone groups is 1. The van der Waals surface area contributed by atoms with Gasteiger partial charge in [0, 0.05) is 10.5 Å². The second-order valence-electron chi connectivity index (χ2n) is 5.55. The van der Waals surface area contributed by atoms with Crippen molar-refractivity contribution in [3.8, 4) is 0 Å². The summed E-state index contributed by atoms with van der Waals surface area (Å²) in [6, 6.07) is 2.15. The second kappa shape index (κ2) is 7.47. The van der Waals surface area contributed by atoms with E-state index in [0.29, 0.717) is 10.9 Å². The Hall–Kier alpha value is -1.68. The van der Waals surface area contributed by atoms with Crippen molar-refractivity contribution in [2.75, 3.05) is 16.8 Å². The molecule has 0 unspecified atom stereocenters. The van der Waals surface area contributed by atoms with Crippen molar-refractivity contribution in [1.82, 2.24) is 10.6 Å². The average molecular weight is 422 g/mol. The van der Waals surface area contributed by atoms with Crippen LogP contribution in [0.5, 0.6) is 0 Å². The van der Waals surface area contributed by atoms with Crippen molar-refractivity contribution in [1.29, 1.82) is 0 Å². The van der Waals surface area contributed by atoms with Gasteiger partial charge in [0.15, 0.2) is 9.84 Å². The van der Waals surface area contributed by atoms with Crippen LogP contribution in [0.1, 0.15) is 13.3 Å². The van der Waals surface area contributed by atoms with Gasteiger partial charge in [-0.2, -0.15) is 0 Å². The molecule has 0 aliphatic carbocycles. The summed E-state index contributed by atoms with van der Waals surface area (Å²) in [5, 5.41) is 7.29. The first-order valence-corrected chi connectivity index (χ1v) is 9.81. The molecule has 0 bridgehead atoms. The Morgan fingerprint density at radius 2 is 2.08 bits per heavy atom. The molecule has 1 aliphatic rings. The summed E-state index contributed by atoms with van der Waals surface area (Å²) in [6.07, 6.45) is 0.348. The van der Waals surface area contributed by atoms with Gasteiger partial charge >= 0.3 is 6.03 Å². The van der Waals surface area contributed by atoms with E-state index < -0.39 is 39.7 Å². The van der Waals surface area contributed by atoms with E-state index in [2.05, 4.69) is 31.9 Å². The fourth-order valence-electron chi connectivity index (χ4n) is 2.23. The fraction of sp³-hybridized carbons (Fsp3) is 0.429. The lowest BCUT2D eigenvalue weighted by Crippen LogP contribution is -2.49. The molecule has 1 aromatic carbocycles. The normalized spacial score (nSPS) is 20.2. The number of rotatable bonds is 4. The van der Waals surface area contributed by atoms with E-state index in [1.54, 1.807) is 6.07 Å². The van der Waals surface area contributed by atoms with E-state index >= 15 is 0 Å². The average Bonchev–Trinajstić information content (AvgIpc) is 2.80. The van der Waals surface area contributed by atoms with Crippen LogP contribution in [0.15, 0.2) is 22.7 Å². The molecular formula is C14H17BrFN3O4S. The zero-order valence-corrected chi connectivity index (χ0v) is 15.2. The molecule has 1 aromatic rings. The number of halogens is 2. The van der Waals surface area contributed by atoms with Gasteiger partial charge in [0.2, 0.25) is 5.91 Å². The number of hydrogen-bond donors (Lipinski definition) is 3. The van der Waals surface area contributed by atoms with E-state index in [0.717, 1.165) is 0 Å². The molecule has 1 aliphatic heterocycles. The summed E-state index contributed by atoms with van der Waals surface area (Å²) in [5.41, 5.74) is -0.000792. The third-order valence-electron chi connectivity index (χ3n) is 3.50. The molecule has 3 amide bonds.